The Balaban J connectivity index is 2.72. The molecule has 1 aromatic rings. The Morgan fingerprint density at radius 1 is 1.30 bits per heavy atom. The quantitative estimate of drug-likeness (QED) is 0.767. The van der Waals surface area contributed by atoms with E-state index in [1.165, 1.54) is 11.3 Å². The van der Waals surface area contributed by atoms with Crippen LogP contribution in [-0.2, 0) is 0 Å². The first-order chi connectivity index (χ1) is 9.41. The van der Waals surface area contributed by atoms with Gasteiger partial charge in [0.2, 0.25) is 0 Å². The van der Waals surface area contributed by atoms with Crippen molar-refractivity contribution in [3.63, 3.8) is 0 Å². The van der Waals surface area contributed by atoms with Crippen LogP contribution in [0.5, 0.6) is 0 Å². The third-order valence-electron chi connectivity index (χ3n) is 3.76. The average Bonchev–Trinajstić information content (AvgIpc) is 2.40. The summed E-state index contributed by atoms with van der Waals surface area (Å²) >= 11 is 0. The maximum absolute atomic E-state index is 9.66. The molecule has 0 radical (unpaired) electrons. The second-order valence-electron chi connectivity index (χ2n) is 6.13. The summed E-state index contributed by atoms with van der Waals surface area (Å²) in [5.74, 6) is 0. The third kappa shape index (κ3) is 4.80. The zero-order valence-electron chi connectivity index (χ0n) is 13.6. The van der Waals surface area contributed by atoms with Gasteiger partial charge in [0.25, 0.3) is 0 Å². The number of anilines is 1. The molecule has 2 N–H and O–H groups in total. The summed E-state index contributed by atoms with van der Waals surface area (Å²) in [5.41, 5.74) is 2.38. The summed E-state index contributed by atoms with van der Waals surface area (Å²) in [4.78, 5) is 2.38. The van der Waals surface area contributed by atoms with Crippen LogP contribution in [0.15, 0.2) is 24.3 Å². The van der Waals surface area contributed by atoms with Gasteiger partial charge in [-0.15, -0.1) is 0 Å². The summed E-state index contributed by atoms with van der Waals surface area (Å²) < 4.78 is 0. The van der Waals surface area contributed by atoms with Gasteiger partial charge in [0.1, 0.15) is 0 Å². The highest BCUT2D eigenvalue weighted by Crippen LogP contribution is 2.21. The zero-order chi connectivity index (χ0) is 15.2. The fourth-order valence-electron chi connectivity index (χ4n) is 2.64. The van der Waals surface area contributed by atoms with Gasteiger partial charge in [-0.25, -0.2) is 0 Å². The van der Waals surface area contributed by atoms with Crippen molar-refractivity contribution >= 4 is 5.69 Å². The van der Waals surface area contributed by atoms with Crippen LogP contribution in [0, 0.1) is 6.92 Å². The third-order valence-corrected chi connectivity index (χ3v) is 3.76. The van der Waals surface area contributed by atoms with E-state index < -0.39 is 0 Å². The Labute approximate surface area is 124 Å². The second kappa shape index (κ2) is 7.65. The Morgan fingerprint density at radius 2 is 1.95 bits per heavy atom. The molecule has 0 heterocycles. The van der Waals surface area contributed by atoms with E-state index in [0.717, 1.165) is 19.5 Å². The first-order valence-electron chi connectivity index (χ1n) is 7.61. The van der Waals surface area contributed by atoms with E-state index in [2.05, 4.69) is 69.1 Å². The van der Waals surface area contributed by atoms with Crippen LogP contribution in [0.2, 0.25) is 0 Å². The lowest BCUT2D eigenvalue weighted by Gasteiger charge is -2.34. The summed E-state index contributed by atoms with van der Waals surface area (Å²) in [5, 5.41) is 13.1. The molecule has 1 atom stereocenters. The summed E-state index contributed by atoms with van der Waals surface area (Å²) in [6.45, 7) is 12.7. The fraction of sp³-hybridized carbons (Fsp3) is 0.647. The number of hydrogen-bond acceptors (Lipinski definition) is 3. The van der Waals surface area contributed by atoms with Gasteiger partial charge in [0, 0.05) is 30.4 Å². The molecular formula is C17H30N2O. The minimum Gasteiger partial charge on any atom is -0.394 e. The number of rotatable bonds is 8. The number of aryl methyl sites for hydroxylation is 1. The summed E-state index contributed by atoms with van der Waals surface area (Å²) in [6, 6.07) is 8.86. The number of aliphatic hydroxyl groups excluding tert-OH is 1. The Kier molecular flexibility index (Phi) is 6.50. The molecule has 1 aromatic carbocycles. The van der Waals surface area contributed by atoms with Gasteiger partial charge >= 0.3 is 0 Å². The second-order valence-corrected chi connectivity index (χ2v) is 6.13. The number of benzene rings is 1. The molecule has 114 valence electrons. The Bertz CT molecular complexity index is 406. The molecule has 20 heavy (non-hydrogen) atoms. The van der Waals surface area contributed by atoms with Gasteiger partial charge < -0.3 is 15.3 Å². The number of para-hydroxylation sites is 1. The highest BCUT2D eigenvalue weighted by Gasteiger charge is 2.24. The van der Waals surface area contributed by atoms with Crippen LogP contribution in [0.4, 0.5) is 5.69 Å². The molecule has 3 nitrogen and oxygen atoms in total. The van der Waals surface area contributed by atoms with Gasteiger partial charge in [-0.05, 0) is 38.8 Å². The van der Waals surface area contributed by atoms with Crippen LogP contribution in [0.1, 0.15) is 39.7 Å². The van der Waals surface area contributed by atoms with Crippen LogP contribution < -0.4 is 10.2 Å². The smallest absolute Gasteiger partial charge is 0.0611 e. The van der Waals surface area contributed by atoms with Crippen LogP contribution in [-0.4, -0.2) is 36.4 Å². The van der Waals surface area contributed by atoms with Crippen molar-refractivity contribution in [1.82, 2.24) is 5.32 Å². The monoisotopic (exact) mass is 278 g/mol. The molecule has 1 unspecified atom stereocenters. The van der Waals surface area contributed by atoms with Crippen molar-refractivity contribution in [2.24, 2.45) is 0 Å². The van der Waals surface area contributed by atoms with Crippen molar-refractivity contribution < 1.29 is 5.11 Å². The van der Waals surface area contributed by atoms with E-state index in [1.54, 1.807) is 0 Å². The lowest BCUT2D eigenvalue weighted by atomic mass is 9.97. The maximum atomic E-state index is 9.66. The van der Waals surface area contributed by atoms with Crippen LogP contribution >= 0.6 is 0 Å². The Morgan fingerprint density at radius 3 is 2.45 bits per heavy atom. The fourth-order valence-corrected chi connectivity index (χ4v) is 2.64. The first kappa shape index (κ1) is 17.0. The molecule has 0 aliphatic rings. The predicted molar refractivity (Wildman–Crippen MR) is 87.4 cm³/mol. The molecular weight excluding hydrogens is 248 g/mol. The average molecular weight is 278 g/mol. The topological polar surface area (TPSA) is 35.5 Å². The minimum atomic E-state index is -0.218. The standard InChI is InChI=1S/C17H30N2O/c1-6-19(16-10-8-7-9-15(16)4)12-11-17(5,13-20)18-14(2)3/h7-10,14,18,20H,6,11-13H2,1-5H3. The van der Waals surface area contributed by atoms with Crippen LogP contribution in [0.25, 0.3) is 0 Å². The van der Waals surface area contributed by atoms with Gasteiger partial charge in [0.05, 0.1) is 6.61 Å². The molecule has 0 aromatic heterocycles. The lowest BCUT2D eigenvalue weighted by Crippen LogP contribution is -2.51. The van der Waals surface area contributed by atoms with E-state index in [0.29, 0.717) is 6.04 Å². The number of hydrogen-bond donors (Lipinski definition) is 2. The van der Waals surface area contributed by atoms with Crippen molar-refractivity contribution in [3.05, 3.63) is 29.8 Å². The largest absolute Gasteiger partial charge is 0.394 e. The molecule has 3 heteroatoms. The van der Waals surface area contributed by atoms with E-state index in [-0.39, 0.29) is 12.1 Å². The van der Waals surface area contributed by atoms with Gasteiger partial charge in [-0.3, -0.25) is 0 Å². The molecule has 1 rings (SSSR count). The predicted octanol–water partition coefficient (Wildman–Crippen LogP) is 2.96. The van der Waals surface area contributed by atoms with E-state index >= 15 is 0 Å². The molecule has 0 bridgehead atoms. The lowest BCUT2D eigenvalue weighted by molar-refractivity contribution is 0.158. The molecule has 0 spiro atoms. The molecule has 0 amide bonds. The number of aliphatic hydroxyl groups is 1. The van der Waals surface area contributed by atoms with E-state index in [9.17, 15) is 5.11 Å². The van der Waals surface area contributed by atoms with Crippen LogP contribution in [0.3, 0.4) is 0 Å². The molecule has 0 aliphatic heterocycles. The van der Waals surface area contributed by atoms with Crippen molar-refractivity contribution in [1.29, 1.82) is 0 Å². The van der Waals surface area contributed by atoms with Gasteiger partial charge in [0.15, 0.2) is 0 Å². The number of nitrogens with one attached hydrogen (secondary N) is 1. The SMILES string of the molecule is CCN(CCC(C)(CO)NC(C)C)c1ccccc1C. The molecule has 0 saturated heterocycles. The first-order valence-corrected chi connectivity index (χ1v) is 7.61. The Hall–Kier alpha value is -1.06. The molecule has 0 aliphatic carbocycles. The zero-order valence-corrected chi connectivity index (χ0v) is 13.6. The van der Waals surface area contributed by atoms with E-state index in [4.69, 9.17) is 0 Å². The van der Waals surface area contributed by atoms with E-state index in [1.807, 2.05) is 0 Å². The van der Waals surface area contributed by atoms with Gasteiger partial charge in [-0.1, -0.05) is 32.0 Å². The molecule has 0 saturated carbocycles. The highest BCUT2D eigenvalue weighted by molar-refractivity contribution is 5.52. The highest BCUT2D eigenvalue weighted by atomic mass is 16.3. The summed E-state index contributed by atoms with van der Waals surface area (Å²) in [6.07, 6.45) is 0.920. The van der Waals surface area contributed by atoms with Gasteiger partial charge in [-0.2, -0.15) is 0 Å². The number of nitrogens with zero attached hydrogens (tertiary/aromatic N) is 1. The van der Waals surface area contributed by atoms with Crippen molar-refractivity contribution in [2.75, 3.05) is 24.6 Å². The van der Waals surface area contributed by atoms with Crippen molar-refractivity contribution in [3.8, 4) is 0 Å². The summed E-state index contributed by atoms with van der Waals surface area (Å²) in [7, 11) is 0. The molecule has 0 fully saturated rings. The normalized spacial score (nSPS) is 14.3. The minimum absolute atomic E-state index is 0.163. The maximum Gasteiger partial charge on any atom is 0.0611 e. The van der Waals surface area contributed by atoms with Crippen molar-refractivity contribution in [2.45, 2.75) is 52.6 Å².